The van der Waals surface area contributed by atoms with E-state index in [1.54, 1.807) is 36.4 Å². The van der Waals surface area contributed by atoms with Gasteiger partial charge in [-0.3, -0.25) is 4.79 Å². The number of H-pyrrole nitrogens is 1. The molecule has 0 aliphatic carbocycles. The highest BCUT2D eigenvalue weighted by atomic mass is 127. The predicted molar refractivity (Wildman–Crippen MR) is 144 cm³/mol. The maximum atomic E-state index is 12.6. The van der Waals surface area contributed by atoms with Crippen LogP contribution in [0.4, 0.5) is 0 Å². The van der Waals surface area contributed by atoms with Gasteiger partial charge in [0.15, 0.2) is 0 Å². The fourth-order valence-corrected chi connectivity index (χ4v) is 5.55. The van der Waals surface area contributed by atoms with E-state index in [1.165, 1.54) is 6.21 Å². The topological polar surface area (TPSA) is 76.5 Å². The highest BCUT2D eigenvalue weighted by Crippen LogP contribution is 2.30. The maximum Gasteiger partial charge on any atom is 0.349 e. The summed E-state index contributed by atoms with van der Waals surface area (Å²) in [5, 5.41) is 5.60. The van der Waals surface area contributed by atoms with Crippen LogP contribution in [0.25, 0.3) is 10.9 Å². The number of nitrogens with one attached hydrogen (secondary N) is 1. The Morgan fingerprint density at radius 2 is 1.75 bits per heavy atom. The summed E-state index contributed by atoms with van der Waals surface area (Å²) in [7, 11) is 0. The summed E-state index contributed by atoms with van der Waals surface area (Å²) in [6.07, 6.45) is 1.47. The number of benzene rings is 3. The molecule has 1 aromatic heterocycles. The van der Waals surface area contributed by atoms with Crippen LogP contribution in [0.5, 0.6) is 5.75 Å². The summed E-state index contributed by atoms with van der Waals surface area (Å²) in [5.41, 5.74) is 0.928. The molecule has 0 spiro atoms. The molecule has 162 valence electrons. The van der Waals surface area contributed by atoms with E-state index in [2.05, 4.69) is 55.3 Å². The molecule has 0 atom stereocenters. The molecule has 0 aliphatic rings. The van der Waals surface area contributed by atoms with Crippen LogP contribution in [0.2, 0.25) is 10.0 Å². The molecular weight excluding hydrogens is 679 g/mol. The Morgan fingerprint density at radius 3 is 2.47 bits per heavy atom. The van der Waals surface area contributed by atoms with Gasteiger partial charge >= 0.3 is 5.69 Å². The molecule has 0 saturated heterocycles. The number of halogens is 4. The molecule has 0 bridgehead atoms. The third-order valence-electron chi connectivity index (χ3n) is 4.51. The van der Waals surface area contributed by atoms with E-state index in [0.29, 0.717) is 26.7 Å². The molecule has 3 aromatic carbocycles. The molecule has 1 heterocycles. The minimum atomic E-state index is -0.603. The molecule has 6 nitrogen and oxygen atoms in total. The molecule has 4 aromatic rings. The number of fused-ring (bicyclic) bond motifs is 1. The van der Waals surface area contributed by atoms with Crippen molar-refractivity contribution in [1.82, 2.24) is 9.66 Å². The van der Waals surface area contributed by atoms with E-state index >= 15 is 0 Å². The van der Waals surface area contributed by atoms with E-state index in [-0.39, 0.29) is 6.61 Å². The summed E-state index contributed by atoms with van der Waals surface area (Å²) in [4.78, 5) is 27.6. The van der Waals surface area contributed by atoms with Gasteiger partial charge in [0.25, 0.3) is 5.56 Å². The molecule has 10 heteroatoms. The zero-order chi connectivity index (χ0) is 22.8. The van der Waals surface area contributed by atoms with Crippen molar-refractivity contribution in [2.24, 2.45) is 5.10 Å². The highest BCUT2D eigenvalue weighted by molar-refractivity contribution is 14.1. The normalized spacial score (nSPS) is 11.4. The lowest BCUT2D eigenvalue weighted by Crippen LogP contribution is -2.32. The van der Waals surface area contributed by atoms with Crippen molar-refractivity contribution >= 4 is 85.5 Å². The van der Waals surface area contributed by atoms with Gasteiger partial charge in [-0.15, -0.1) is 4.68 Å². The number of nitrogens with zero attached hydrogens (tertiary/aromatic N) is 2. The van der Waals surface area contributed by atoms with Crippen LogP contribution in [0.15, 0.2) is 69.3 Å². The lowest BCUT2D eigenvalue weighted by molar-refractivity contribution is 0.302. The van der Waals surface area contributed by atoms with Crippen molar-refractivity contribution in [2.45, 2.75) is 6.61 Å². The van der Waals surface area contributed by atoms with Crippen LogP contribution >= 0.6 is 68.4 Å². The van der Waals surface area contributed by atoms with E-state index in [0.717, 1.165) is 22.9 Å². The van der Waals surface area contributed by atoms with E-state index in [1.807, 2.05) is 18.2 Å². The van der Waals surface area contributed by atoms with Gasteiger partial charge in [0, 0.05) is 15.6 Å². The largest absolute Gasteiger partial charge is 0.487 e. The Bertz CT molecular complexity index is 1460. The fourth-order valence-electron chi connectivity index (χ4n) is 2.96. The number of rotatable bonds is 5. The number of hydrogen-bond donors (Lipinski definition) is 1. The second kappa shape index (κ2) is 9.94. The number of aromatic nitrogens is 2. The van der Waals surface area contributed by atoms with Crippen LogP contribution in [0, 0.1) is 7.14 Å². The minimum absolute atomic E-state index is 0.289. The van der Waals surface area contributed by atoms with Crippen molar-refractivity contribution in [3.8, 4) is 5.75 Å². The SMILES string of the molecule is O=c1[nH]c2ccccc2c(=O)n1N=Cc1cc(I)c(OCc2ccc(Cl)cc2Cl)c(I)c1. The standard InChI is InChI=1S/C22H13Cl2I2N3O3/c23-14-6-5-13(16(24)9-14)11-32-20-17(25)7-12(8-18(20)26)10-27-29-21(30)15-3-1-2-4-19(15)28-22(29)31/h1-10H,11H2,(H,28,31). The summed E-state index contributed by atoms with van der Waals surface area (Å²) < 4.78 is 8.49. The zero-order valence-corrected chi connectivity index (χ0v) is 21.9. The van der Waals surface area contributed by atoms with Crippen LogP contribution in [-0.4, -0.2) is 15.9 Å². The average molecular weight is 692 g/mol. The monoisotopic (exact) mass is 691 g/mol. The van der Waals surface area contributed by atoms with Crippen molar-refractivity contribution in [2.75, 3.05) is 0 Å². The van der Waals surface area contributed by atoms with Gasteiger partial charge in [-0.05, 0) is 87.1 Å². The lowest BCUT2D eigenvalue weighted by Gasteiger charge is -2.12. The minimum Gasteiger partial charge on any atom is -0.487 e. The van der Waals surface area contributed by atoms with Crippen molar-refractivity contribution < 1.29 is 4.74 Å². The molecule has 0 saturated carbocycles. The first-order valence-electron chi connectivity index (χ1n) is 9.17. The molecule has 4 rings (SSSR count). The summed E-state index contributed by atoms with van der Waals surface area (Å²) in [6, 6.07) is 15.8. The molecule has 0 fully saturated rings. The van der Waals surface area contributed by atoms with Crippen LogP contribution in [-0.2, 0) is 6.61 Å². The van der Waals surface area contributed by atoms with Gasteiger partial charge in [-0.2, -0.15) is 5.10 Å². The van der Waals surface area contributed by atoms with E-state index < -0.39 is 11.2 Å². The van der Waals surface area contributed by atoms with Gasteiger partial charge in [0.2, 0.25) is 0 Å². The van der Waals surface area contributed by atoms with E-state index in [9.17, 15) is 9.59 Å². The van der Waals surface area contributed by atoms with Gasteiger partial charge in [-0.25, -0.2) is 4.79 Å². The second-order valence-corrected chi connectivity index (χ2v) is 9.84. The van der Waals surface area contributed by atoms with Crippen LogP contribution < -0.4 is 16.0 Å². The third kappa shape index (κ3) is 5.03. The molecule has 0 unspecified atom stereocenters. The number of para-hydroxylation sites is 1. The fraction of sp³-hybridized carbons (Fsp3) is 0.0455. The maximum absolute atomic E-state index is 12.6. The van der Waals surface area contributed by atoms with Gasteiger partial charge in [0.1, 0.15) is 12.4 Å². The Balaban J connectivity index is 1.60. The highest BCUT2D eigenvalue weighted by Gasteiger charge is 2.11. The molecule has 32 heavy (non-hydrogen) atoms. The van der Waals surface area contributed by atoms with Gasteiger partial charge < -0.3 is 9.72 Å². The third-order valence-corrected chi connectivity index (χ3v) is 6.70. The van der Waals surface area contributed by atoms with Crippen LogP contribution in [0.1, 0.15) is 11.1 Å². The summed E-state index contributed by atoms with van der Waals surface area (Å²) >= 11 is 16.5. The van der Waals surface area contributed by atoms with Gasteiger partial charge in [-0.1, -0.05) is 41.4 Å². The Morgan fingerprint density at radius 1 is 1.03 bits per heavy atom. The Hall–Kier alpha value is -1.89. The molecule has 0 amide bonds. The first kappa shape index (κ1) is 23.3. The first-order chi connectivity index (χ1) is 15.3. The Kier molecular flexibility index (Phi) is 7.23. The molecule has 0 radical (unpaired) electrons. The van der Waals surface area contributed by atoms with Crippen molar-refractivity contribution in [3.05, 3.63) is 104 Å². The van der Waals surface area contributed by atoms with E-state index in [4.69, 9.17) is 27.9 Å². The number of ether oxygens (including phenoxy) is 1. The summed E-state index contributed by atoms with van der Waals surface area (Å²) in [6.45, 7) is 0.289. The Labute approximate surface area is 219 Å². The number of hydrogen-bond acceptors (Lipinski definition) is 4. The zero-order valence-electron chi connectivity index (χ0n) is 16.1. The van der Waals surface area contributed by atoms with Crippen LogP contribution in [0.3, 0.4) is 0 Å². The molecule has 1 N–H and O–H groups in total. The second-order valence-electron chi connectivity index (χ2n) is 6.68. The lowest BCUT2D eigenvalue weighted by atomic mass is 10.2. The smallest absolute Gasteiger partial charge is 0.349 e. The molecule has 0 aliphatic heterocycles. The summed E-state index contributed by atoms with van der Waals surface area (Å²) in [5.74, 6) is 0.704. The van der Waals surface area contributed by atoms with Crippen molar-refractivity contribution in [1.29, 1.82) is 0 Å². The average Bonchev–Trinajstić information content (AvgIpc) is 2.74. The molecular formula is C22H13Cl2I2N3O3. The van der Waals surface area contributed by atoms with Gasteiger partial charge in [0.05, 0.1) is 24.3 Å². The quantitative estimate of drug-likeness (QED) is 0.217. The first-order valence-corrected chi connectivity index (χ1v) is 12.1. The van der Waals surface area contributed by atoms with Crippen molar-refractivity contribution in [3.63, 3.8) is 0 Å². The predicted octanol–water partition coefficient (Wildman–Crippen LogP) is 5.67. The number of aromatic amines is 1.